The number of hydrogen-bond acceptors (Lipinski definition) is 2. The van der Waals surface area contributed by atoms with Gasteiger partial charge in [-0.2, -0.15) is 0 Å². The second kappa shape index (κ2) is 10.8. The average Bonchev–Trinajstić information content (AvgIpc) is 2.67. The molecule has 2 aromatic rings. The first-order chi connectivity index (χ1) is 12.6. The van der Waals surface area contributed by atoms with E-state index in [-0.39, 0.29) is 6.10 Å². The number of unbranched alkanes of at least 4 members (excludes halogenated alkanes) is 5. The van der Waals surface area contributed by atoms with Crippen molar-refractivity contribution in [3.05, 3.63) is 59.7 Å². The van der Waals surface area contributed by atoms with Crippen molar-refractivity contribution in [2.45, 2.75) is 58.5 Å². The topological polar surface area (TPSA) is 46.5 Å². The molecule has 0 radical (unpaired) electrons. The van der Waals surface area contributed by atoms with E-state index in [1.165, 1.54) is 37.7 Å². The molecule has 0 bridgehead atoms. The first kappa shape index (κ1) is 20.2. The third-order valence-electron chi connectivity index (χ3n) is 4.71. The van der Waals surface area contributed by atoms with Gasteiger partial charge < -0.3 is 9.84 Å². The molecule has 0 saturated heterocycles. The van der Waals surface area contributed by atoms with E-state index in [9.17, 15) is 4.79 Å². The normalized spacial score (nSPS) is 12.1. The summed E-state index contributed by atoms with van der Waals surface area (Å²) in [6.45, 7) is 5.14. The van der Waals surface area contributed by atoms with Crippen LogP contribution in [0.3, 0.4) is 0 Å². The van der Waals surface area contributed by atoms with Crippen molar-refractivity contribution in [2.24, 2.45) is 0 Å². The number of rotatable bonds is 11. The molecule has 1 unspecified atom stereocenters. The van der Waals surface area contributed by atoms with Gasteiger partial charge >= 0.3 is 5.97 Å². The van der Waals surface area contributed by atoms with Crippen LogP contribution < -0.4 is 0 Å². The summed E-state index contributed by atoms with van der Waals surface area (Å²) in [5.41, 5.74) is 3.57. The predicted molar refractivity (Wildman–Crippen MR) is 107 cm³/mol. The molecule has 0 heterocycles. The summed E-state index contributed by atoms with van der Waals surface area (Å²) in [5.74, 6) is -0.900. The number of hydrogen-bond donors (Lipinski definition) is 1. The first-order valence-electron chi connectivity index (χ1n) is 9.67. The highest BCUT2D eigenvalue weighted by molar-refractivity contribution is 5.88. The lowest BCUT2D eigenvalue weighted by atomic mass is 10.0. The van der Waals surface area contributed by atoms with Crippen molar-refractivity contribution in [3.63, 3.8) is 0 Å². The second-order valence-electron chi connectivity index (χ2n) is 6.79. The summed E-state index contributed by atoms with van der Waals surface area (Å²) in [6.07, 6.45) is 7.73. The molecule has 2 aromatic carbocycles. The van der Waals surface area contributed by atoms with Crippen molar-refractivity contribution in [2.75, 3.05) is 6.61 Å². The van der Waals surface area contributed by atoms with Gasteiger partial charge in [-0.15, -0.1) is 0 Å². The third kappa shape index (κ3) is 6.30. The Morgan fingerprint density at radius 3 is 2.00 bits per heavy atom. The van der Waals surface area contributed by atoms with Gasteiger partial charge in [-0.3, -0.25) is 0 Å². The van der Waals surface area contributed by atoms with Crippen LogP contribution in [0.25, 0.3) is 11.1 Å². The van der Waals surface area contributed by atoms with Crippen LogP contribution in [0.4, 0.5) is 0 Å². The minimum Gasteiger partial charge on any atom is -0.478 e. The quantitative estimate of drug-likeness (QED) is 0.469. The average molecular weight is 354 g/mol. The lowest BCUT2D eigenvalue weighted by molar-refractivity contribution is 0.0627. The number of carboxylic acids is 1. The fourth-order valence-electron chi connectivity index (χ4n) is 2.99. The summed E-state index contributed by atoms with van der Waals surface area (Å²) < 4.78 is 5.96. The summed E-state index contributed by atoms with van der Waals surface area (Å²) >= 11 is 0. The predicted octanol–water partition coefficient (Wildman–Crippen LogP) is 6.49. The second-order valence-corrected chi connectivity index (χ2v) is 6.79. The minimum absolute atomic E-state index is 0.0917. The van der Waals surface area contributed by atoms with Gasteiger partial charge in [-0.05, 0) is 42.2 Å². The molecule has 3 heteroatoms. The first-order valence-corrected chi connectivity index (χ1v) is 9.67. The van der Waals surface area contributed by atoms with Gasteiger partial charge in [0.1, 0.15) is 0 Å². The molecule has 0 aliphatic rings. The van der Waals surface area contributed by atoms with E-state index in [1.807, 2.05) is 12.1 Å². The SMILES string of the molecule is CCCCCCCCOC(C)c1ccc(-c2ccc(C(=O)O)cc2)cc1. The number of ether oxygens (including phenoxy) is 1. The molecule has 3 nitrogen and oxygen atoms in total. The van der Waals surface area contributed by atoms with E-state index in [4.69, 9.17) is 9.84 Å². The fraction of sp³-hybridized carbons (Fsp3) is 0.435. The molecular weight excluding hydrogens is 324 g/mol. The Kier molecular flexibility index (Phi) is 8.36. The lowest BCUT2D eigenvalue weighted by Crippen LogP contribution is -2.01. The highest BCUT2D eigenvalue weighted by atomic mass is 16.5. The zero-order valence-electron chi connectivity index (χ0n) is 15.9. The van der Waals surface area contributed by atoms with Gasteiger partial charge in [0.2, 0.25) is 0 Å². The van der Waals surface area contributed by atoms with Crippen LogP contribution in [-0.4, -0.2) is 17.7 Å². The van der Waals surface area contributed by atoms with Gasteiger partial charge in [0.25, 0.3) is 0 Å². The molecule has 1 atom stereocenters. The van der Waals surface area contributed by atoms with E-state index >= 15 is 0 Å². The summed E-state index contributed by atoms with van der Waals surface area (Å²) in [7, 11) is 0. The van der Waals surface area contributed by atoms with Gasteiger partial charge in [-0.1, -0.05) is 75.4 Å². The van der Waals surface area contributed by atoms with Gasteiger partial charge in [-0.25, -0.2) is 4.79 Å². The van der Waals surface area contributed by atoms with Crippen LogP contribution in [-0.2, 0) is 4.74 Å². The molecular formula is C23H30O3. The number of aromatic carboxylic acids is 1. The Bertz CT molecular complexity index is 659. The summed E-state index contributed by atoms with van der Waals surface area (Å²) in [5, 5.41) is 8.97. The van der Waals surface area contributed by atoms with E-state index in [2.05, 4.69) is 38.1 Å². The Morgan fingerprint density at radius 1 is 0.885 bits per heavy atom. The van der Waals surface area contributed by atoms with Gasteiger partial charge in [0.15, 0.2) is 0 Å². The molecule has 0 amide bonds. The van der Waals surface area contributed by atoms with Crippen molar-refractivity contribution in [1.29, 1.82) is 0 Å². The van der Waals surface area contributed by atoms with E-state index in [0.717, 1.165) is 24.2 Å². The van der Waals surface area contributed by atoms with Gasteiger partial charge in [0, 0.05) is 6.61 Å². The zero-order valence-corrected chi connectivity index (χ0v) is 15.9. The molecule has 0 aliphatic carbocycles. The molecule has 26 heavy (non-hydrogen) atoms. The largest absolute Gasteiger partial charge is 0.478 e. The molecule has 0 saturated carbocycles. The van der Waals surface area contributed by atoms with Crippen molar-refractivity contribution in [3.8, 4) is 11.1 Å². The smallest absolute Gasteiger partial charge is 0.335 e. The maximum atomic E-state index is 10.9. The van der Waals surface area contributed by atoms with E-state index in [1.54, 1.807) is 12.1 Å². The standard InChI is InChI=1S/C23H30O3/c1-3-4-5-6-7-8-17-26-18(2)19-9-11-20(12-10-19)21-13-15-22(16-14-21)23(24)25/h9-16,18H,3-8,17H2,1-2H3,(H,24,25). The fourth-order valence-corrected chi connectivity index (χ4v) is 2.99. The Balaban J connectivity index is 1.81. The monoisotopic (exact) mass is 354 g/mol. The molecule has 1 N–H and O–H groups in total. The van der Waals surface area contributed by atoms with E-state index < -0.39 is 5.97 Å². The van der Waals surface area contributed by atoms with Crippen LogP contribution in [0, 0.1) is 0 Å². The maximum absolute atomic E-state index is 10.9. The summed E-state index contributed by atoms with van der Waals surface area (Å²) in [6, 6.07) is 15.3. The Morgan fingerprint density at radius 2 is 1.42 bits per heavy atom. The van der Waals surface area contributed by atoms with Crippen LogP contribution in [0.1, 0.15) is 74.4 Å². The zero-order chi connectivity index (χ0) is 18.8. The van der Waals surface area contributed by atoms with E-state index in [0.29, 0.717) is 5.56 Å². The highest BCUT2D eigenvalue weighted by Gasteiger charge is 2.07. The van der Waals surface area contributed by atoms with Crippen LogP contribution >= 0.6 is 0 Å². The summed E-state index contributed by atoms with van der Waals surface area (Å²) in [4.78, 5) is 10.9. The van der Waals surface area contributed by atoms with Crippen LogP contribution in [0.5, 0.6) is 0 Å². The van der Waals surface area contributed by atoms with Crippen molar-refractivity contribution in [1.82, 2.24) is 0 Å². The lowest BCUT2D eigenvalue weighted by Gasteiger charge is -2.14. The molecule has 2 rings (SSSR count). The minimum atomic E-state index is -0.900. The highest BCUT2D eigenvalue weighted by Crippen LogP contribution is 2.24. The molecule has 0 fully saturated rings. The maximum Gasteiger partial charge on any atom is 0.335 e. The van der Waals surface area contributed by atoms with Crippen molar-refractivity contribution >= 4 is 5.97 Å². The molecule has 0 aliphatic heterocycles. The number of carbonyl (C=O) groups is 1. The number of benzene rings is 2. The van der Waals surface area contributed by atoms with Gasteiger partial charge in [0.05, 0.1) is 11.7 Å². The number of carboxylic acid groups (broad SMARTS) is 1. The van der Waals surface area contributed by atoms with Crippen molar-refractivity contribution < 1.29 is 14.6 Å². The Labute approximate surface area is 157 Å². The van der Waals surface area contributed by atoms with Crippen LogP contribution in [0.2, 0.25) is 0 Å². The van der Waals surface area contributed by atoms with Crippen LogP contribution in [0.15, 0.2) is 48.5 Å². The molecule has 0 spiro atoms. The Hall–Kier alpha value is -2.13. The molecule has 140 valence electrons. The third-order valence-corrected chi connectivity index (χ3v) is 4.71. The molecule has 0 aromatic heterocycles.